The Kier molecular flexibility index (Phi) is 5.01. The first kappa shape index (κ1) is 19.6. The number of aliphatic hydroxyl groups is 1. The van der Waals surface area contributed by atoms with Crippen LogP contribution in [0.3, 0.4) is 0 Å². The van der Waals surface area contributed by atoms with Crippen LogP contribution in [0.5, 0.6) is 0 Å². The minimum Gasteiger partial charge on any atom is -0.388 e. The first-order valence-corrected chi connectivity index (χ1v) is 6.14. The summed E-state index contributed by atoms with van der Waals surface area (Å²) in [6, 6.07) is -0.692. The first-order valence-electron chi connectivity index (χ1n) is 6.14. The second-order valence-electron chi connectivity index (χ2n) is 5.17. The number of rotatable bonds is 2. The highest BCUT2D eigenvalue weighted by Gasteiger charge is 2.48. The molecule has 1 rings (SSSR count). The van der Waals surface area contributed by atoms with E-state index < -0.39 is 58.9 Å². The molecule has 0 spiro atoms. The number of alkyl halides is 9. The molecule has 1 nitrogen and oxygen atoms in total. The summed E-state index contributed by atoms with van der Waals surface area (Å²) in [7, 11) is 0. The Bertz CT molecular complexity index is 567. The minimum atomic E-state index is -5.67. The van der Waals surface area contributed by atoms with Gasteiger partial charge in [0.15, 0.2) is 0 Å². The maximum absolute atomic E-state index is 13.0. The molecule has 0 aliphatic carbocycles. The predicted octanol–water partition coefficient (Wildman–Crippen LogP) is 5.43. The van der Waals surface area contributed by atoms with Crippen molar-refractivity contribution in [2.45, 2.75) is 38.5 Å². The highest BCUT2D eigenvalue weighted by atomic mass is 19.4. The van der Waals surface area contributed by atoms with E-state index in [2.05, 4.69) is 0 Å². The first-order chi connectivity index (χ1) is 10.1. The maximum Gasteiger partial charge on any atom is 0.417 e. The molecule has 10 heteroatoms. The molecule has 132 valence electrons. The largest absolute Gasteiger partial charge is 0.417 e. The highest BCUT2D eigenvalue weighted by molar-refractivity contribution is 5.45. The molecule has 1 atom stereocenters. The Hall–Kier alpha value is -1.45. The third kappa shape index (κ3) is 4.30. The summed E-state index contributed by atoms with van der Waals surface area (Å²) in [4.78, 5) is 0. The van der Waals surface area contributed by atoms with Gasteiger partial charge in [-0.2, -0.15) is 39.5 Å². The van der Waals surface area contributed by atoms with Crippen LogP contribution in [0.1, 0.15) is 42.2 Å². The molecular weight excluding hydrogens is 343 g/mol. The zero-order valence-corrected chi connectivity index (χ0v) is 11.7. The van der Waals surface area contributed by atoms with Gasteiger partial charge in [-0.05, 0) is 23.6 Å². The molecule has 1 unspecified atom stereocenters. The van der Waals surface area contributed by atoms with Crippen molar-refractivity contribution in [1.82, 2.24) is 0 Å². The molecule has 1 N–H and O–H groups in total. The average Bonchev–Trinajstić information content (AvgIpc) is 2.32. The summed E-state index contributed by atoms with van der Waals surface area (Å²) in [5, 5.41) is 9.69. The quantitative estimate of drug-likeness (QED) is 0.702. The fraction of sp³-hybridized carbons (Fsp3) is 0.538. The molecule has 0 aliphatic heterocycles. The lowest BCUT2D eigenvalue weighted by Gasteiger charge is -2.25. The molecule has 1 aromatic rings. The van der Waals surface area contributed by atoms with Crippen molar-refractivity contribution in [3.8, 4) is 0 Å². The van der Waals surface area contributed by atoms with Crippen molar-refractivity contribution < 1.29 is 44.6 Å². The molecule has 0 bridgehead atoms. The van der Waals surface area contributed by atoms with Gasteiger partial charge in [-0.15, -0.1) is 0 Å². The van der Waals surface area contributed by atoms with Crippen LogP contribution in [0.25, 0.3) is 0 Å². The highest BCUT2D eigenvalue weighted by Crippen LogP contribution is 2.47. The Labute approximate surface area is 124 Å². The summed E-state index contributed by atoms with van der Waals surface area (Å²) in [6.45, 7) is 2.33. The third-order valence-electron chi connectivity index (χ3n) is 3.04. The molecule has 0 aromatic heterocycles. The van der Waals surface area contributed by atoms with Gasteiger partial charge in [-0.3, -0.25) is 0 Å². The van der Waals surface area contributed by atoms with E-state index in [1.165, 1.54) is 13.8 Å². The number of aliphatic hydroxyl groups excluding tert-OH is 1. The fourth-order valence-electron chi connectivity index (χ4n) is 1.96. The Balaban J connectivity index is 3.90. The lowest BCUT2D eigenvalue weighted by atomic mass is 9.89. The van der Waals surface area contributed by atoms with E-state index in [0.717, 1.165) is 0 Å². The van der Waals surface area contributed by atoms with E-state index in [0.29, 0.717) is 0 Å². The number of benzene rings is 1. The Morgan fingerprint density at radius 2 is 1.26 bits per heavy atom. The van der Waals surface area contributed by atoms with Crippen LogP contribution in [0.2, 0.25) is 0 Å². The lowest BCUT2D eigenvalue weighted by Crippen LogP contribution is -2.23. The normalized spacial score (nSPS) is 15.2. The third-order valence-corrected chi connectivity index (χ3v) is 3.04. The average molecular weight is 354 g/mol. The molecule has 0 radical (unpaired) electrons. The van der Waals surface area contributed by atoms with Gasteiger partial charge >= 0.3 is 18.5 Å². The molecule has 0 saturated heterocycles. The molecule has 0 amide bonds. The number of hydrogen-bond acceptors (Lipinski definition) is 1. The fourth-order valence-corrected chi connectivity index (χ4v) is 1.96. The SMILES string of the molecule is CC(C)C(O)c1cc(C(F)(F)F)cc(C(F)(F)F)c1C(F)(F)F. The minimum absolute atomic E-state index is 0.0945. The van der Waals surface area contributed by atoms with E-state index in [1.54, 1.807) is 0 Å². The predicted molar refractivity (Wildman–Crippen MR) is 61.2 cm³/mol. The summed E-state index contributed by atoms with van der Waals surface area (Å²) < 4.78 is 116. The van der Waals surface area contributed by atoms with Gasteiger partial charge in [0.25, 0.3) is 0 Å². The summed E-state index contributed by atoms with van der Waals surface area (Å²) in [6.07, 6.45) is -18.7. The smallest absolute Gasteiger partial charge is 0.388 e. The number of halogens is 9. The van der Waals surface area contributed by atoms with Crippen molar-refractivity contribution in [1.29, 1.82) is 0 Å². The topological polar surface area (TPSA) is 20.2 Å². The van der Waals surface area contributed by atoms with Crippen molar-refractivity contribution in [2.24, 2.45) is 5.92 Å². The van der Waals surface area contributed by atoms with Crippen molar-refractivity contribution in [2.75, 3.05) is 0 Å². The van der Waals surface area contributed by atoms with E-state index in [-0.39, 0.29) is 6.07 Å². The molecule has 0 aliphatic rings. The lowest BCUT2D eigenvalue weighted by molar-refractivity contribution is -0.165. The van der Waals surface area contributed by atoms with Gasteiger partial charge < -0.3 is 5.11 Å². The van der Waals surface area contributed by atoms with E-state index in [9.17, 15) is 44.6 Å². The van der Waals surface area contributed by atoms with Crippen LogP contribution < -0.4 is 0 Å². The second-order valence-corrected chi connectivity index (χ2v) is 5.17. The van der Waals surface area contributed by atoms with Gasteiger partial charge in [0.05, 0.1) is 22.8 Å². The molecule has 0 fully saturated rings. The van der Waals surface area contributed by atoms with Gasteiger partial charge in [0.2, 0.25) is 0 Å². The summed E-state index contributed by atoms with van der Waals surface area (Å²) >= 11 is 0. The summed E-state index contributed by atoms with van der Waals surface area (Å²) in [5.41, 5.74) is -8.14. The monoisotopic (exact) mass is 354 g/mol. The summed E-state index contributed by atoms with van der Waals surface area (Å²) in [5.74, 6) is -1.03. The standard InChI is InChI=1S/C13H11F9O/c1-5(2)10(23)7-3-6(11(14,15)16)4-8(12(17,18)19)9(7)13(20,21)22/h3-5,10,23H,1-2H3. The van der Waals surface area contributed by atoms with Crippen LogP contribution in [0, 0.1) is 5.92 Å². The number of hydrogen-bond donors (Lipinski definition) is 1. The molecular formula is C13H11F9O. The van der Waals surface area contributed by atoms with Crippen LogP contribution in [0.4, 0.5) is 39.5 Å². The zero-order chi connectivity index (χ0) is 18.4. The van der Waals surface area contributed by atoms with Crippen LogP contribution in [-0.2, 0) is 18.5 Å². The van der Waals surface area contributed by atoms with Crippen molar-refractivity contribution in [3.05, 3.63) is 34.4 Å². The van der Waals surface area contributed by atoms with Crippen LogP contribution in [0.15, 0.2) is 12.1 Å². The van der Waals surface area contributed by atoms with Gasteiger partial charge in [-0.25, -0.2) is 0 Å². The molecule has 23 heavy (non-hydrogen) atoms. The Morgan fingerprint density at radius 1 is 0.783 bits per heavy atom. The van der Waals surface area contributed by atoms with Crippen molar-refractivity contribution >= 4 is 0 Å². The van der Waals surface area contributed by atoms with Crippen LogP contribution in [-0.4, -0.2) is 5.11 Å². The zero-order valence-electron chi connectivity index (χ0n) is 11.7. The van der Waals surface area contributed by atoms with Crippen molar-refractivity contribution in [3.63, 3.8) is 0 Å². The maximum atomic E-state index is 13.0. The van der Waals surface area contributed by atoms with Gasteiger partial charge in [0.1, 0.15) is 0 Å². The van der Waals surface area contributed by atoms with Gasteiger partial charge in [0, 0.05) is 0 Å². The molecule has 0 heterocycles. The second kappa shape index (κ2) is 5.88. The van der Waals surface area contributed by atoms with E-state index in [1.807, 2.05) is 0 Å². The van der Waals surface area contributed by atoms with Crippen LogP contribution >= 0.6 is 0 Å². The molecule has 1 aromatic carbocycles. The Morgan fingerprint density at radius 3 is 1.57 bits per heavy atom. The van der Waals surface area contributed by atoms with Gasteiger partial charge in [-0.1, -0.05) is 13.8 Å². The van der Waals surface area contributed by atoms with E-state index in [4.69, 9.17) is 0 Å². The van der Waals surface area contributed by atoms with E-state index >= 15 is 0 Å². The molecule has 0 saturated carbocycles.